The second-order valence-corrected chi connectivity index (χ2v) is 10.6. The van der Waals surface area contributed by atoms with Crippen LogP contribution in [0.5, 0.6) is 0 Å². The number of allylic oxidation sites excluding steroid dienone is 2. The zero-order valence-electron chi connectivity index (χ0n) is 19.6. The van der Waals surface area contributed by atoms with Gasteiger partial charge in [-0.2, -0.15) is 0 Å². The number of nitrogens with two attached hydrogens (primary N) is 1. The second kappa shape index (κ2) is 9.25. The molecule has 2 aliphatic rings. The Bertz CT molecular complexity index is 1090. The smallest absolute Gasteiger partial charge is 0.410 e. The zero-order valence-corrected chi connectivity index (χ0v) is 20.5. The van der Waals surface area contributed by atoms with Crippen LogP contribution in [0.15, 0.2) is 33.6 Å². The van der Waals surface area contributed by atoms with Crippen LogP contribution in [0.1, 0.15) is 78.4 Å². The summed E-state index contributed by atoms with van der Waals surface area (Å²) >= 11 is 1.52. The average Bonchev–Trinajstić information content (AvgIpc) is 3.39. The van der Waals surface area contributed by atoms with Crippen molar-refractivity contribution in [3.05, 3.63) is 58.3 Å². The highest BCUT2D eigenvalue weighted by Gasteiger charge is 2.27. The molecule has 2 heterocycles. The molecule has 2 amide bonds. The SMILES string of the molecule is Cc1oc(C2CC=CC2)nc1CSc1cc2c(cc1C(N)=O)CCN(C(=O)OC(C)(C)C)C2. The summed E-state index contributed by atoms with van der Waals surface area (Å²) < 4.78 is 11.5. The number of fused-ring (bicyclic) bond motifs is 1. The van der Waals surface area contributed by atoms with Gasteiger partial charge in [0.15, 0.2) is 5.89 Å². The minimum atomic E-state index is -0.545. The van der Waals surface area contributed by atoms with Crippen LogP contribution in [-0.4, -0.2) is 34.0 Å². The molecule has 2 N–H and O–H groups in total. The molecule has 0 spiro atoms. The lowest BCUT2D eigenvalue weighted by Crippen LogP contribution is -2.40. The zero-order chi connectivity index (χ0) is 23.8. The van der Waals surface area contributed by atoms with Crippen molar-refractivity contribution in [3.63, 3.8) is 0 Å². The van der Waals surface area contributed by atoms with Gasteiger partial charge in [-0.05, 0) is 70.2 Å². The maximum Gasteiger partial charge on any atom is 0.410 e. The van der Waals surface area contributed by atoms with Gasteiger partial charge in [0.2, 0.25) is 5.91 Å². The van der Waals surface area contributed by atoms with E-state index in [9.17, 15) is 9.59 Å². The third kappa shape index (κ3) is 5.43. The number of benzene rings is 1. The Hall–Kier alpha value is -2.74. The van der Waals surface area contributed by atoms with Crippen molar-refractivity contribution in [3.8, 4) is 0 Å². The van der Waals surface area contributed by atoms with Gasteiger partial charge in [0, 0.05) is 29.7 Å². The van der Waals surface area contributed by atoms with Gasteiger partial charge in [0.1, 0.15) is 11.4 Å². The third-order valence-corrected chi connectivity index (χ3v) is 6.93. The Balaban J connectivity index is 1.52. The van der Waals surface area contributed by atoms with Gasteiger partial charge < -0.3 is 19.8 Å². The molecule has 176 valence electrons. The van der Waals surface area contributed by atoms with E-state index < -0.39 is 11.5 Å². The number of carbonyl (C=O) groups is 2. The lowest BCUT2D eigenvalue weighted by atomic mass is 9.97. The quantitative estimate of drug-likeness (QED) is 0.483. The molecule has 2 aromatic rings. The number of primary amides is 1. The predicted molar refractivity (Wildman–Crippen MR) is 127 cm³/mol. The number of aromatic nitrogens is 1. The van der Waals surface area contributed by atoms with E-state index >= 15 is 0 Å². The number of amides is 2. The highest BCUT2D eigenvalue weighted by molar-refractivity contribution is 7.98. The van der Waals surface area contributed by atoms with Gasteiger partial charge in [-0.15, -0.1) is 11.8 Å². The molecule has 1 aliphatic heterocycles. The van der Waals surface area contributed by atoms with E-state index in [1.54, 1.807) is 4.90 Å². The standard InChI is InChI=1S/C25H31N3O4S/c1-15-20(27-23(31-15)16-7-5-6-8-16)14-33-21-12-18-13-28(24(30)32-25(2,3)4)10-9-17(18)11-19(21)22(26)29/h5-6,11-12,16H,7-10,13-14H2,1-4H3,(H2,26,29). The van der Waals surface area contributed by atoms with Crippen molar-refractivity contribution in [2.24, 2.45) is 5.73 Å². The highest BCUT2D eigenvalue weighted by Crippen LogP contribution is 2.34. The van der Waals surface area contributed by atoms with E-state index in [-0.39, 0.29) is 6.09 Å². The summed E-state index contributed by atoms with van der Waals surface area (Å²) in [5.74, 6) is 2.01. The molecule has 0 fully saturated rings. The fourth-order valence-corrected chi connectivity index (χ4v) is 5.21. The molecule has 0 radical (unpaired) electrons. The van der Waals surface area contributed by atoms with Crippen molar-refractivity contribution in [1.82, 2.24) is 9.88 Å². The van der Waals surface area contributed by atoms with Crippen LogP contribution in [0, 0.1) is 6.92 Å². The fraction of sp³-hybridized carbons (Fsp3) is 0.480. The number of hydrogen-bond donors (Lipinski definition) is 1. The Labute approximate surface area is 198 Å². The Kier molecular flexibility index (Phi) is 6.56. The van der Waals surface area contributed by atoms with Gasteiger partial charge in [0.05, 0.1) is 11.3 Å². The molecule has 7 nitrogen and oxygen atoms in total. The number of thioether (sulfide) groups is 1. The lowest BCUT2D eigenvalue weighted by Gasteiger charge is -2.31. The first-order chi connectivity index (χ1) is 15.6. The highest BCUT2D eigenvalue weighted by atomic mass is 32.2. The van der Waals surface area contributed by atoms with Crippen LogP contribution in [0.2, 0.25) is 0 Å². The molecule has 33 heavy (non-hydrogen) atoms. The molecule has 1 aromatic heterocycles. The summed E-state index contributed by atoms with van der Waals surface area (Å²) in [6, 6.07) is 3.85. The Morgan fingerprint density at radius 1 is 1.24 bits per heavy atom. The molecule has 1 aromatic carbocycles. The van der Waals surface area contributed by atoms with Crippen molar-refractivity contribution in [2.75, 3.05) is 6.54 Å². The lowest BCUT2D eigenvalue weighted by molar-refractivity contribution is 0.0223. The van der Waals surface area contributed by atoms with Gasteiger partial charge in [-0.1, -0.05) is 12.2 Å². The van der Waals surface area contributed by atoms with E-state index in [4.69, 9.17) is 19.9 Å². The topological polar surface area (TPSA) is 98.7 Å². The molecule has 4 rings (SSSR count). The van der Waals surface area contributed by atoms with Gasteiger partial charge in [-0.25, -0.2) is 9.78 Å². The largest absolute Gasteiger partial charge is 0.445 e. The van der Waals surface area contributed by atoms with Crippen LogP contribution in [0.4, 0.5) is 4.79 Å². The summed E-state index contributed by atoms with van der Waals surface area (Å²) in [6.45, 7) is 8.49. The van der Waals surface area contributed by atoms with E-state index in [1.807, 2.05) is 39.8 Å². The molecule has 0 saturated carbocycles. The summed E-state index contributed by atoms with van der Waals surface area (Å²) in [5.41, 5.74) is 8.59. The third-order valence-electron chi connectivity index (χ3n) is 5.86. The number of aryl methyl sites for hydroxylation is 1. The predicted octanol–water partition coefficient (Wildman–Crippen LogP) is 5.10. The van der Waals surface area contributed by atoms with E-state index in [0.717, 1.165) is 46.2 Å². The van der Waals surface area contributed by atoms with E-state index in [2.05, 4.69) is 12.2 Å². The average molecular weight is 470 g/mol. The molecule has 0 bridgehead atoms. The molecular weight excluding hydrogens is 438 g/mol. The van der Waals surface area contributed by atoms with Gasteiger partial charge in [0.25, 0.3) is 0 Å². The van der Waals surface area contributed by atoms with Crippen LogP contribution in [-0.2, 0) is 23.5 Å². The first-order valence-corrected chi connectivity index (χ1v) is 12.3. The first kappa shape index (κ1) is 23.4. The maximum absolute atomic E-state index is 12.5. The number of oxazole rings is 1. The van der Waals surface area contributed by atoms with Crippen molar-refractivity contribution in [2.45, 2.75) is 75.7 Å². The summed E-state index contributed by atoms with van der Waals surface area (Å²) in [7, 11) is 0. The van der Waals surface area contributed by atoms with Crippen molar-refractivity contribution < 1.29 is 18.7 Å². The number of nitrogens with zero attached hydrogens (tertiary/aromatic N) is 2. The summed E-state index contributed by atoms with van der Waals surface area (Å²) in [4.78, 5) is 31.9. The van der Waals surface area contributed by atoms with Crippen molar-refractivity contribution in [1.29, 1.82) is 0 Å². The van der Waals surface area contributed by atoms with Crippen LogP contribution >= 0.6 is 11.8 Å². The van der Waals surface area contributed by atoms with Gasteiger partial charge >= 0.3 is 6.09 Å². The number of ether oxygens (including phenoxy) is 1. The number of carbonyl (C=O) groups excluding carboxylic acids is 2. The normalized spacial score (nSPS) is 16.2. The molecule has 0 unspecified atom stereocenters. The number of rotatable bonds is 5. The molecular formula is C25H31N3O4S. The van der Waals surface area contributed by atoms with E-state index in [1.165, 1.54) is 11.8 Å². The summed E-state index contributed by atoms with van der Waals surface area (Å²) in [6.07, 6.45) is 6.56. The molecule has 0 saturated heterocycles. The number of hydrogen-bond acceptors (Lipinski definition) is 6. The van der Waals surface area contributed by atoms with E-state index in [0.29, 0.717) is 36.7 Å². The molecule has 8 heteroatoms. The molecule has 0 atom stereocenters. The Morgan fingerprint density at radius 3 is 2.64 bits per heavy atom. The monoisotopic (exact) mass is 469 g/mol. The minimum Gasteiger partial charge on any atom is -0.445 e. The van der Waals surface area contributed by atoms with Crippen LogP contribution in [0.25, 0.3) is 0 Å². The van der Waals surface area contributed by atoms with Crippen LogP contribution < -0.4 is 5.73 Å². The second-order valence-electron chi connectivity index (χ2n) is 9.62. The Morgan fingerprint density at radius 2 is 1.97 bits per heavy atom. The molecule has 1 aliphatic carbocycles. The maximum atomic E-state index is 12.5. The summed E-state index contributed by atoms with van der Waals surface area (Å²) in [5, 5.41) is 0. The van der Waals surface area contributed by atoms with Crippen molar-refractivity contribution >= 4 is 23.8 Å². The first-order valence-electron chi connectivity index (χ1n) is 11.3. The minimum absolute atomic E-state index is 0.311. The van der Waals surface area contributed by atoms with Crippen LogP contribution in [0.3, 0.4) is 0 Å². The van der Waals surface area contributed by atoms with Gasteiger partial charge in [-0.3, -0.25) is 4.79 Å². The fourth-order valence-electron chi connectivity index (χ4n) is 4.10.